The van der Waals surface area contributed by atoms with Crippen molar-refractivity contribution in [3.05, 3.63) is 53.4 Å². The molecule has 1 unspecified atom stereocenters. The summed E-state index contributed by atoms with van der Waals surface area (Å²) in [5.41, 5.74) is 1.50. The number of rotatable bonds is 3. The van der Waals surface area contributed by atoms with Crippen LogP contribution in [0.4, 0.5) is 18.9 Å². The first-order valence-electron chi connectivity index (χ1n) is 8.69. The highest BCUT2D eigenvalue weighted by Crippen LogP contribution is 2.51. The number of aliphatic imine (C=N–C) groups is 1. The number of nitrogens with two attached hydrogens (primary N) is 1. The number of amides is 1. The zero-order valence-electron chi connectivity index (χ0n) is 16.3. The second-order valence-corrected chi connectivity index (χ2v) is 7.40. The van der Waals surface area contributed by atoms with E-state index in [0.29, 0.717) is 5.69 Å². The number of anilines is 1. The van der Waals surface area contributed by atoms with Gasteiger partial charge in [0.05, 0.1) is 11.9 Å². The maximum absolute atomic E-state index is 15.2. The van der Waals surface area contributed by atoms with Gasteiger partial charge in [0.2, 0.25) is 0 Å². The van der Waals surface area contributed by atoms with E-state index in [9.17, 15) is 9.18 Å². The van der Waals surface area contributed by atoms with Crippen molar-refractivity contribution in [1.82, 2.24) is 9.97 Å². The van der Waals surface area contributed by atoms with Gasteiger partial charge < -0.3 is 15.8 Å². The Morgan fingerprint density at radius 1 is 1.17 bits per heavy atom. The first-order valence-corrected chi connectivity index (χ1v) is 8.69. The maximum Gasteiger partial charge on any atom is 0.315 e. The molecule has 7 nitrogen and oxygen atoms in total. The van der Waals surface area contributed by atoms with E-state index in [-0.39, 0.29) is 11.4 Å². The molecule has 0 aliphatic carbocycles. The van der Waals surface area contributed by atoms with E-state index in [1.807, 2.05) is 0 Å². The van der Waals surface area contributed by atoms with Crippen LogP contribution in [0, 0.1) is 12.7 Å². The molecule has 0 bridgehead atoms. The lowest BCUT2D eigenvalue weighted by molar-refractivity contribution is -0.207. The van der Waals surface area contributed by atoms with Crippen LogP contribution in [0.15, 0.2) is 35.6 Å². The Hall–Kier alpha value is -3.17. The van der Waals surface area contributed by atoms with Crippen LogP contribution in [0.2, 0.25) is 0 Å². The Kier molecular flexibility index (Phi) is 4.76. The SMILES string of the molecule is Cc1cnc(C(=O)Nc2ccc(F)c(C3(C)N=C(N)OC(C)(C)C3(F)F)c2)cn1. The molecule has 1 aliphatic heterocycles. The number of hydrogen-bond acceptors (Lipinski definition) is 6. The number of nitrogens with zero attached hydrogens (tertiary/aromatic N) is 3. The summed E-state index contributed by atoms with van der Waals surface area (Å²) in [5.74, 6) is -5.16. The first-order chi connectivity index (χ1) is 13.4. The minimum absolute atomic E-state index is 0.0208. The van der Waals surface area contributed by atoms with Crippen molar-refractivity contribution < 1.29 is 22.7 Å². The van der Waals surface area contributed by atoms with Crippen LogP contribution in [-0.4, -0.2) is 33.4 Å². The van der Waals surface area contributed by atoms with Gasteiger partial charge in [-0.3, -0.25) is 9.78 Å². The molecule has 2 heterocycles. The quantitative estimate of drug-likeness (QED) is 0.814. The number of amidine groups is 1. The number of hydrogen-bond donors (Lipinski definition) is 2. The number of aromatic nitrogens is 2. The molecule has 1 aliphatic rings. The average molecular weight is 407 g/mol. The fourth-order valence-electron chi connectivity index (χ4n) is 3.14. The van der Waals surface area contributed by atoms with E-state index in [1.54, 1.807) is 6.92 Å². The van der Waals surface area contributed by atoms with Gasteiger partial charge in [-0.15, -0.1) is 0 Å². The fourth-order valence-corrected chi connectivity index (χ4v) is 3.14. The second kappa shape index (κ2) is 6.71. The van der Waals surface area contributed by atoms with Crippen molar-refractivity contribution in [1.29, 1.82) is 0 Å². The molecule has 1 amide bonds. The fraction of sp³-hybridized carbons (Fsp3) is 0.368. The van der Waals surface area contributed by atoms with E-state index < -0.39 is 40.4 Å². The number of carbonyl (C=O) groups is 1. The van der Waals surface area contributed by atoms with Crippen molar-refractivity contribution in [2.24, 2.45) is 10.7 Å². The molecule has 0 saturated carbocycles. The van der Waals surface area contributed by atoms with Crippen LogP contribution in [0.25, 0.3) is 0 Å². The van der Waals surface area contributed by atoms with Crippen LogP contribution >= 0.6 is 0 Å². The number of alkyl halides is 2. The summed E-state index contributed by atoms with van der Waals surface area (Å²) < 4.78 is 50.0. The van der Waals surface area contributed by atoms with Crippen LogP contribution in [0.1, 0.15) is 42.5 Å². The summed E-state index contributed by atoms with van der Waals surface area (Å²) in [4.78, 5) is 24.0. The van der Waals surface area contributed by atoms with Crippen molar-refractivity contribution in [3.8, 4) is 0 Å². The molecule has 1 aromatic carbocycles. The predicted molar refractivity (Wildman–Crippen MR) is 100 cm³/mol. The third-order valence-electron chi connectivity index (χ3n) is 4.82. The Balaban J connectivity index is 2.02. The highest BCUT2D eigenvalue weighted by Gasteiger charge is 2.66. The Bertz CT molecular complexity index is 992. The lowest BCUT2D eigenvalue weighted by atomic mass is 9.77. The molecular formula is C19H20F3N5O2. The van der Waals surface area contributed by atoms with E-state index in [0.717, 1.165) is 32.9 Å². The molecule has 1 aromatic heterocycles. The standard InChI is InChI=1S/C19H20F3N5O2/c1-10-8-25-14(9-24-10)15(28)26-11-5-6-13(20)12(7-11)18(4)19(21,22)17(2,3)29-16(23)27-18/h5-9H,1-4H3,(H2,23,27)(H,26,28). The van der Waals surface area contributed by atoms with Gasteiger partial charge in [-0.05, 0) is 45.9 Å². The van der Waals surface area contributed by atoms with Crippen LogP contribution in [0.5, 0.6) is 0 Å². The zero-order valence-corrected chi connectivity index (χ0v) is 16.3. The largest absolute Gasteiger partial charge is 0.453 e. The molecule has 2 aromatic rings. The maximum atomic E-state index is 15.2. The average Bonchev–Trinajstić information content (AvgIpc) is 2.61. The molecule has 154 valence electrons. The Morgan fingerprint density at radius 3 is 2.48 bits per heavy atom. The predicted octanol–water partition coefficient (Wildman–Crippen LogP) is 3.15. The van der Waals surface area contributed by atoms with Gasteiger partial charge in [0.25, 0.3) is 11.9 Å². The third kappa shape index (κ3) is 3.39. The van der Waals surface area contributed by atoms with Crippen molar-refractivity contribution in [2.45, 2.75) is 44.8 Å². The smallest absolute Gasteiger partial charge is 0.315 e. The minimum atomic E-state index is -3.62. The van der Waals surface area contributed by atoms with Crippen LogP contribution in [0.3, 0.4) is 0 Å². The number of nitrogens with one attached hydrogen (secondary N) is 1. The highest BCUT2D eigenvalue weighted by atomic mass is 19.3. The molecule has 10 heteroatoms. The van der Waals surface area contributed by atoms with Gasteiger partial charge in [-0.25, -0.2) is 14.4 Å². The molecule has 3 N–H and O–H groups in total. The normalized spacial score (nSPS) is 22.4. The topological polar surface area (TPSA) is 102 Å². The minimum Gasteiger partial charge on any atom is -0.453 e. The van der Waals surface area contributed by atoms with E-state index in [4.69, 9.17) is 10.5 Å². The lowest BCUT2D eigenvalue weighted by Crippen LogP contribution is -2.62. The summed E-state index contributed by atoms with van der Waals surface area (Å²) in [6.07, 6.45) is 2.69. The molecule has 0 spiro atoms. The van der Waals surface area contributed by atoms with Crippen LogP contribution < -0.4 is 11.1 Å². The van der Waals surface area contributed by atoms with Crippen molar-refractivity contribution in [3.63, 3.8) is 0 Å². The molecule has 3 rings (SSSR count). The number of carbonyl (C=O) groups excluding carboxylic acids is 1. The van der Waals surface area contributed by atoms with Gasteiger partial charge in [0, 0.05) is 17.4 Å². The molecule has 0 radical (unpaired) electrons. The van der Waals surface area contributed by atoms with Gasteiger partial charge in [0.1, 0.15) is 11.5 Å². The number of benzene rings is 1. The van der Waals surface area contributed by atoms with Gasteiger partial charge >= 0.3 is 5.92 Å². The molecular weight excluding hydrogens is 387 g/mol. The summed E-state index contributed by atoms with van der Waals surface area (Å²) in [5, 5.41) is 2.50. The zero-order chi connectivity index (χ0) is 21.6. The van der Waals surface area contributed by atoms with E-state index in [2.05, 4.69) is 20.3 Å². The van der Waals surface area contributed by atoms with Crippen molar-refractivity contribution >= 4 is 17.6 Å². The van der Waals surface area contributed by atoms with Gasteiger partial charge in [-0.1, -0.05) is 0 Å². The summed E-state index contributed by atoms with van der Waals surface area (Å²) >= 11 is 0. The monoisotopic (exact) mass is 407 g/mol. The Morgan fingerprint density at radius 2 is 1.86 bits per heavy atom. The molecule has 29 heavy (non-hydrogen) atoms. The first kappa shape index (κ1) is 20.6. The summed E-state index contributed by atoms with van der Waals surface area (Å²) in [6.45, 7) is 5.07. The van der Waals surface area contributed by atoms with Crippen molar-refractivity contribution in [2.75, 3.05) is 5.32 Å². The summed E-state index contributed by atoms with van der Waals surface area (Å²) in [6, 6.07) is 2.84. The molecule has 0 saturated heterocycles. The van der Waals surface area contributed by atoms with E-state index >= 15 is 8.78 Å². The third-order valence-corrected chi connectivity index (χ3v) is 4.82. The van der Waals surface area contributed by atoms with Gasteiger partial charge in [0.15, 0.2) is 11.1 Å². The van der Waals surface area contributed by atoms with Crippen LogP contribution in [-0.2, 0) is 10.3 Å². The molecule has 0 fully saturated rings. The lowest BCUT2D eigenvalue weighted by Gasteiger charge is -2.46. The number of halogens is 3. The van der Waals surface area contributed by atoms with Gasteiger partial charge in [-0.2, -0.15) is 8.78 Å². The van der Waals surface area contributed by atoms with E-state index in [1.165, 1.54) is 18.5 Å². The number of aryl methyl sites for hydroxylation is 1. The summed E-state index contributed by atoms with van der Waals surface area (Å²) in [7, 11) is 0. The Labute approximate surface area is 165 Å². The highest BCUT2D eigenvalue weighted by molar-refractivity contribution is 6.02. The number of ether oxygens (including phenoxy) is 1. The second-order valence-electron chi connectivity index (χ2n) is 7.40. The molecule has 1 atom stereocenters.